The Labute approximate surface area is 132 Å². The van der Waals surface area contributed by atoms with E-state index in [0.29, 0.717) is 24.1 Å². The lowest BCUT2D eigenvalue weighted by atomic mass is 9.79. The second-order valence-corrected chi connectivity index (χ2v) is 7.36. The molecule has 1 heterocycles. The molecule has 0 spiro atoms. The van der Waals surface area contributed by atoms with Gasteiger partial charge in [0.25, 0.3) is 0 Å². The van der Waals surface area contributed by atoms with Crippen molar-refractivity contribution < 1.29 is 19.2 Å². The zero-order valence-electron chi connectivity index (χ0n) is 13.1. The Bertz CT molecular complexity index is 408. The highest BCUT2D eigenvalue weighted by Gasteiger charge is 2.58. The normalized spacial score (nSPS) is 35.6. The summed E-state index contributed by atoms with van der Waals surface area (Å²) in [7, 11) is 0. The Hall–Kier alpha value is -0.550. The van der Waals surface area contributed by atoms with Gasteiger partial charge in [0.1, 0.15) is 6.04 Å². The van der Waals surface area contributed by atoms with Crippen molar-refractivity contribution in [2.45, 2.75) is 58.4 Å². The fourth-order valence-electron chi connectivity index (χ4n) is 4.33. The highest BCUT2D eigenvalue weighted by Crippen LogP contribution is 2.42. The van der Waals surface area contributed by atoms with E-state index in [0.717, 1.165) is 6.42 Å². The molecule has 2 unspecified atom stereocenters. The van der Waals surface area contributed by atoms with Crippen LogP contribution < -0.4 is 0 Å². The first-order chi connectivity index (χ1) is 9.93. The SMILES string of the molecule is CC(CS)C(=O)[N@+]1(C(=O)O)C[C@@H](C2CCCCC2)CC1C. The molecule has 4 nitrogen and oxygen atoms in total. The van der Waals surface area contributed by atoms with Crippen molar-refractivity contribution in [1.29, 1.82) is 0 Å². The maximum atomic E-state index is 12.7. The molecule has 2 rings (SSSR count). The minimum atomic E-state index is -0.973. The number of carbonyl (C=O) groups is 2. The summed E-state index contributed by atoms with van der Waals surface area (Å²) in [6, 6.07) is -0.121. The fourth-order valence-corrected chi connectivity index (χ4v) is 4.49. The molecular weight excluding hydrogens is 286 g/mol. The predicted molar refractivity (Wildman–Crippen MR) is 85.3 cm³/mol. The van der Waals surface area contributed by atoms with Gasteiger partial charge in [0.15, 0.2) is 0 Å². The Kier molecular flexibility index (Phi) is 5.36. The van der Waals surface area contributed by atoms with Crippen molar-refractivity contribution in [3.63, 3.8) is 0 Å². The molecule has 2 aliphatic rings. The number of amides is 2. The lowest BCUT2D eigenvalue weighted by Gasteiger charge is -2.32. The first-order valence-corrected chi connectivity index (χ1v) is 8.83. The second kappa shape index (κ2) is 6.69. The maximum Gasteiger partial charge on any atom is 0.521 e. The van der Waals surface area contributed by atoms with E-state index in [1.54, 1.807) is 6.92 Å². The van der Waals surface area contributed by atoms with Crippen LogP contribution in [0.15, 0.2) is 0 Å². The van der Waals surface area contributed by atoms with Crippen molar-refractivity contribution in [3.05, 3.63) is 0 Å². The van der Waals surface area contributed by atoms with Gasteiger partial charge >= 0.3 is 12.0 Å². The third-order valence-electron chi connectivity index (χ3n) is 5.67. The number of thiol groups is 1. The van der Waals surface area contributed by atoms with Crippen molar-refractivity contribution in [2.24, 2.45) is 17.8 Å². The fraction of sp³-hybridized carbons (Fsp3) is 0.875. The molecule has 4 atom stereocenters. The van der Waals surface area contributed by atoms with Crippen molar-refractivity contribution in [3.8, 4) is 0 Å². The summed E-state index contributed by atoms with van der Waals surface area (Å²) in [4.78, 5) is 24.7. The molecule has 0 aromatic rings. The van der Waals surface area contributed by atoms with E-state index >= 15 is 0 Å². The van der Waals surface area contributed by atoms with Crippen LogP contribution in [0.3, 0.4) is 0 Å². The zero-order valence-corrected chi connectivity index (χ0v) is 14.0. The lowest BCUT2D eigenvalue weighted by molar-refractivity contribution is -0.795. The van der Waals surface area contributed by atoms with E-state index in [1.807, 2.05) is 6.92 Å². The average molecular weight is 314 g/mol. The quantitative estimate of drug-likeness (QED) is 0.618. The molecule has 1 aliphatic heterocycles. The van der Waals surface area contributed by atoms with Crippen LogP contribution in [-0.4, -0.2) is 39.9 Å². The van der Waals surface area contributed by atoms with Crippen LogP contribution >= 0.6 is 12.6 Å². The highest BCUT2D eigenvalue weighted by atomic mass is 32.1. The minimum absolute atomic E-state index is 0.121. The largest absolute Gasteiger partial charge is 0.521 e. The van der Waals surface area contributed by atoms with Crippen LogP contribution in [0.2, 0.25) is 0 Å². The molecule has 1 aliphatic carbocycles. The zero-order chi connectivity index (χ0) is 15.6. The van der Waals surface area contributed by atoms with Crippen molar-refractivity contribution in [1.82, 2.24) is 0 Å². The number of carbonyl (C=O) groups excluding carboxylic acids is 1. The van der Waals surface area contributed by atoms with Crippen LogP contribution in [0.5, 0.6) is 0 Å². The summed E-state index contributed by atoms with van der Waals surface area (Å²) in [6.07, 6.45) is 6.10. The smallest absolute Gasteiger partial charge is 0.435 e. The molecule has 120 valence electrons. The summed E-state index contributed by atoms with van der Waals surface area (Å²) in [5.74, 6) is 0.930. The summed E-state index contributed by atoms with van der Waals surface area (Å²) in [5, 5.41) is 9.79. The third kappa shape index (κ3) is 3.00. The molecule has 0 aromatic heterocycles. The van der Waals surface area contributed by atoms with Gasteiger partial charge < -0.3 is 5.11 Å². The van der Waals surface area contributed by atoms with Gasteiger partial charge in [-0.2, -0.15) is 21.9 Å². The van der Waals surface area contributed by atoms with Crippen molar-refractivity contribution in [2.75, 3.05) is 12.3 Å². The number of quaternary nitrogens is 1. The average Bonchev–Trinajstić information content (AvgIpc) is 2.85. The lowest BCUT2D eigenvalue weighted by Crippen LogP contribution is -2.60. The van der Waals surface area contributed by atoms with Crippen LogP contribution in [0.1, 0.15) is 52.4 Å². The number of rotatable bonds is 3. The number of hydrogen-bond acceptors (Lipinski definition) is 3. The van der Waals surface area contributed by atoms with Gasteiger partial charge in [0.2, 0.25) is 0 Å². The van der Waals surface area contributed by atoms with Gasteiger partial charge in [0, 0.05) is 18.1 Å². The number of imide groups is 1. The van der Waals surface area contributed by atoms with Crippen LogP contribution in [0.25, 0.3) is 0 Å². The second-order valence-electron chi connectivity index (χ2n) is 7.00. The Morgan fingerprint density at radius 1 is 1.24 bits per heavy atom. The molecule has 0 bridgehead atoms. The molecule has 2 amide bonds. The number of likely N-dealkylation sites (tertiary alicyclic amines) is 1. The Morgan fingerprint density at radius 3 is 2.38 bits per heavy atom. The van der Waals surface area contributed by atoms with Gasteiger partial charge in [-0.05, 0) is 32.6 Å². The molecular formula is C16H28NO3S+. The molecule has 1 saturated heterocycles. The standard InChI is InChI=1S/C16H27NO3S/c1-11(10-21)15(18)17(16(19)20)9-14(8-12(17)2)13-6-4-3-5-7-13/h11-14H,3-10H2,1-2H3,(H-,19,20,21)/p+1/t11?,12?,14-,17-/m0/s1. The summed E-state index contributed by atoms with van der Waals surface area (Å²) in [6.45, 7) is 4.21. The number of nitrogens with zero attached hydrogens (tertiary/aromatic N) is 1. The molecule has 5 heteroatoms. The van der Waals surface area contributed by atoms with Crippen LogP contribution in [-0.2, 0) is 4.79 Å². The maximum absolute atomic E-state index is 12.7. The summed E-state index contributed by atoms with van der Waals surface area (Å²) in [5.41, 5.74) is 0. The minimum Gasteiger partial charge on any atom is -0.435 e. The molecule has 21 heavy (non-hydrogen) atoms. The van der Waals surface area contributed by atoms with Gasteiger partial charge in [-0.25, -0.2) is 4.79 Å². The first kappa shape index (κ1) is 16.8. The first-order valence-electron chi connectivity index (χ1n) is 8.20. The van der Waals surface area contributed by atoms with Gasteiger partial charge in [-0.3, -0.25) is 0 Å². The third-order valence-corrected chi connectivity index (χ3v) is 6.21. The topological polar surface area (TPSA) is 54.4 Å². The summed E-state index contributed by atoms with van der Waals surface area (Å²) < 4.78 is -0.372. The van der Waals surface area contributed by atoms with Gasteiger partial charge in [-0.15, -0.1) is 0 Å². The molecule has 0 aromatic carbocycles. The van der Waals surface area contributed by atoms with E-state index in [-0.39, 0.29) is 22.3 Å². The molecule has 0 radical (unpaired) electrons. The predicted octanol–water partition coefficient (Wildman–Crippen LogP) is 3.56. The monoisotopic (exact) mass is 314 g/mol. The van der Waals surface area contributed by atoms with E-state index in [4.69, 9.17) is 0 Å². The molecule has 1 N–H and O–H groups in total. The summed E-state index contributed by atoms with van der Waals surface area (Å²) >= 11 is 4.18. The van der Waals surface area contributed by atoms with E-state index in [9.17, 15) is 14.7 Å². The van der Waals surface area contributed by atoms with Gasteiger partial charge in [-0.1, -0.05) is 19.3 Å². The van der Waals surface area contributed by atoms with E-state index in [2.05, 4.69) is 12.6 Å². The van der Waals surface area contributed by atoms with E-state index in [1.165, 1.54) is 32.1 Å². The Balaban J connectivity index is 2.21. The van der Waals surface area contributed by atoms with E-state index < -0.39 is 6.09 Å². The number of hydrogen-bond donors (Lipinski definition) is 2. The van der Waals surface area contributed by atoms with Crippen LogP contribution in [0.4, 0.5) is 4.79 Å². The van der Waals surface area contributed by atoms with Gasteiger partial charge in [0.05, 0.1) is 12.5 Å². The highest BCUT2D eigenvalue weighted by molar-refractivity contribution is 7.80. The van der Waals surface area contributed by atoms with Crippen LogP contribution in [0, 0.1) is 17.8 Å². The number of carboxylic acid groups (broad SMARTS) is 1. The Morgan fingerprint density at radius 2 is 1.86 bits per heavy atom. The molecule has 1 saturated carbocycles. The molecule has 2 fully saturated rings. The van der Waals surface area contributed by atoms with Crippen molar-refractivity contribution >= 4 is 24.6 Å².